The fraction of sp³-hybridized carbons (Fsp3) is 0.154. The van der Waals surface area contributed by atoms with E-state index in [1.165, 1.54) is 11.8 Å². The fourth-order valence-corrected chi connectivity index (χ4v) is 4.68. The normalized spacial score (nSPS) is 12.4. The van der Waals surface area contributed by atoms with Crippen molar-refractivity contribution in [3.8, 4) is 28.6 Å². The van der Waals surface area contributed by atoms with Crippen molar-refractivity contribution in [2.45, 2.75) is 24.8 Å². The minimum absolute atomic E-state index is 0.125. The highest BCUT2D eigenvalue weighted by Crippen LogP contribution is 2.35. The lowest BCUT2D eigenvalue weighted by molar-refractivity contribution is 0.174. The molecule has 2 aromatic heterocycles. The standard InChI is InChI=1S/C26H20N4O4S/c1-15-3-7-17(8-4-15)24-28-23(34-29-24)13-35-26-27-20-12-22-21(32-14-33-22)11-19(20)25(31)30(26)18-9-5-16(2)6-10-18/h3-12H,13-14H2,1-2H3. The van der Waals surface area contributed by atoms with E-state index >= 15 is 0 Å². The first kappa shape index (κ1) is 21.4. The lowest BCUT2D eigenvalue weighted by Gasteiger charge is -2.13. The molecule has 0 bridgehead atoms. The third-order valence-corrected chi connectivity index (χ3v) is 6.65. The van der Waals surface area contributed by atoms with Gasteiger partial charge in [0.2, 0.25) is 18.5 Å². The van der Waals surface area contributed by atoms with Crippen molar-refractivity contribution in [1.29, 1.82) is 0 Å². The van der Waals surface area contributed by atoms with Crippen molar-refractivity contribution in [3.63, 3.8) is 0 Å². The maximum Gasteiger partial charge on any atom is 0.266 e. The molecule has 0 spiro atoms. The molecule has 0 radical (unpaired) electrons. The van der Waals surface area contributed by atoms with Gasteiger partial charge in [-0.3, -0.25) is 9.36 Å². The zero-order valence-corrected chi connectivity index (χ0v) is 19.8. The van der Waals surface area contributed by atoms with Gasteiger partial charge in [-0.25, -0.2) is 4.98 Å². The molecule has 174 valence electrons. The van der Waals surface area contributed by atoms with Gasteiger partial charge in [-0.2, -0.15) is 4.98 Å². The van der Waals surface area contributed by atoms with Crippen molar-refractivity contribution < 1.29 is 14.0 Å². The molecule has 1 aliphatic rings. The molecule has 0 saturated heterocycles. The van der Waals surface area contributed by atoms with Gasteiger partial charge < -0.3 is 14.0 Å². The van der Waals surface area contributed by atoms with Crippen LogP contribution in [0.5, 0.6) is 11.5 Å². The minimum atomic E-state index is -0.189. The first-order valence-electron chi connectivity index (χ1n) is 11.0. The maximum atomic E-state index is 13.6. The molecular weight excluding hydrogens is 464 g/mol. The summed E-state index contributed by atoms with van der Waals surface area (Å²) >= 11 is 1.36. The van der Waals surface area contributed by atoms with Crippen LogP contribution in [0.15, 0.2) is 75.1 Å². The molecule has 5 aromatic rings. The Bertz CT molecular complexity index is 1610. The molecule has 3 heterocycles. The summed E-state index contributed by atoms with van der Waals surface area (Å²) in [5, 5.41) is 5.08. The number of rotatable bonds is 5. The Labute approximate surface area is 204 Å². The monoisotopic (exact) mass is 484 g/mol. The summed E-state index contributed by atoms with van der Waals surface area (Å²) in [7, 11) is 0. The van der Waals surface area contributed by atoms with Crippen molar-refractivity contribution in [3.05, 3.63) is 88.0 Å². The largest absolute Gasteiger partial charge is 0.454 e. The summed E-state index contributed by atoms with van der Waals surface area (Å²) < 4.78 is 18.0. The summed E-state index contributed by atoms with van der Waals surface area (Å²) in [6.45, 7) is 4.15. The van der Waals surface area contributed by atoms with Crippen LogP contribution < -0.4 is 15.0 Å². The number of aryl methyl sites for hydroxylation is 2. The Hall–Kier alpha value is -4.11. The van der Waals surface area contributed by atoms with E-state index in [0.717, 1.165) is 22.4 Å². The first-order valence-corrected chi connectivity index (χ1v) is 12.0. The van der Waals surface area contributed by atoms with E-state index in [0.29, 0.717) is 45.0 Å². The highest BCUT2D eigenvalue weighted by atomic mass is 32.2. The van der Waals surface area contributed by atoms with Gasteiger partial charge in [0.25, 0.3) is 5.56 Å². The molecule has 0 aliphatic carbocycles. The van der Waals surface area contributed by atoms with E-state index in [1.54, 1.807) is 16.7 Å². The topological polar surface area (TPSA) is 92.3 Å². The molecule has 35 heavy (non-hydrogen) atoms. The Morgan fingerprint density at radius 2 is 1.60 bits per heavy atom. The molecule has 9 heteroatoms. The lowest BCUT2D eigenvalue weighted by atomic mass is 10.1. The Kier molecular flexibility index (Phi) is 5.26. The fourth-order valence-electron chi connectivity index (χ4n) is 3.83. The highest BCUT2D eigenvalue weighted by molar-refractivity contribution is 7.98. The quantitative estimate of drug-likeness (QED) is 0.252. The molecular formula is C26H20N4O4S. The van der Waals surface area contributed by atoms with E-state index in [9.17, 15) is 4.79 Å². The van der Waals surface area contributed by atoms with Crippen molar-refractivity contribution in [2.24, 2.45) is 0 Å². The van der Waals surface area contributed by atoms with Crippen LogP contribution in [0, 0.1) is 13.8 Å². The molecule has 8 nitrogen and oxygen atoms in total. The van der Waals surface area contributed by atoms with Crippen LogP contribution >= 0.6 is 11.8 Å². The number of nitrogens with zero attached hydrogens (tertiary/aromatic N) is 4. The van der Waals surface area contributed by atoms with Crippen LogP contribution in [0.25, 0.3) is 28.0 Å². The van der Waals surface area contributed by atoms with Gasteiger partial charge in [0.05, 0.1) is 22.3 Å². The van der Waals surface area contributed by atoms with E-state index < -0.39 is 0 Å². The zero-order valence-electron chi connectivity index (χ0n) is 19.0. The van der Waals surface area contributed by atoms with E-state index in [2.05, 4.69) is 10.1 Å². The number of ether oxygens (including phenoxy) is 2. The minimum Gasteiger partial charge on any atom is -0.454 e. The predicted molar refractivity (Wildman–Crippen MR) is 132 cm³/mol. The van der Waals surface area contributed by atoms with Crippen LogP contribution in [0.1, 0.15) is 17.0 Å². The van der Waals surface area contributed by atoms with Gasteiger partial charge in [0, 0.05) is 11.6 Å². The number of benzene rings is 3. The third-order valence-electron chi connectivity index (χ3n) is 5.73. The molecule has 0 atom stereocenters. The lowest BCUT2D eigenvalue weighted by Crippen LogP contribution is -2.21. The van der Waals surface area contributed by atoms with Gasteiger partial charge in [-0.1, -0.05) is 64.4 Å². The molecule has 0 amide bonds. The number of aromatic nitrogens is 4. The zero-order chi connectivity index (χ0) is 23.9. The number of thioether (sulfide) groups is 1. The van der Waals surface area contributed by atoms with Gasteiger partial charge >= 0.3 is 0 Å². The second-order valence-corrected chi connectivity index (χ2v) is 9.20. The summed E-state index contributed by atoms with van der Waals surface area (Å²) in [4.78, 5) is 22.9. The average Bonchev–Trinajstić information content (AvgIpc) is 3.52. The second kappa shape index (κ2) is 8.59. The summed E-state index contributed by atoms with van der Waals surface area (Å²) in [6.07, 6.45) is 0. The third kappa shape index (κ3) is 4.04. The van der Waals surface area contributed by atoms with Gasteiger partial charge in [-0.05, 0) is 32.0 Å². The van der Waals surface area contributed by atoms with Crippen LogP contribution in [-0.4, -0.2) is 26.5 Å². The van der Waals surface area contributed by atoms with E-state index in [4.69, 9.17) is 19.0 Å². The maximum absolute atomic E-state index is 13.6. The summed E-state index contributed by atoms with van der Waals surface area (Å²) in [5.74, 6) is 2.44. The van der Waals surface area contributed by atoms with Gasteiger partial charge in [0.15, 0.2) is 16.7 Å². The summed E-state index contributed by atoms with van der Waals surface area (Å²) in [6, 6.07) is 19.1. The van der Waals surface area contributed by atoms with Gasteiger partial charge in [0.1, 0.15) is 0 Å². The van der Waals surface area contributed by atoms with Crippen molar-refractivity contribution in [1.82, 2.24) is 19.7 Å². The molecule has 1 aliphatic heterocycles. The highest BCUT2D eigenvalue weighted by Gasteiger charge is 2.20. The molecule has 0 fully saturated rings. The molecule has 0 saturated carbocycles. The number of hydrogen-bond donors (Lipinski definition) is 0. The summed E-state index contributed by atoms with van der Waals surface area (Å²) in [5.41, 5.74) is 4.21. The van der Waals surface area contributed by atoms with Crippen LogP contribution in [0.2, 0.25) is 0 Å². The first-order chi connectivity index (χ1) is 17.0. The smallest absolute Gasteiger partial charge is 0.266 e. The van der Waals surface area contributed by atoms with Crippen molar-refractivity contribution >= 4 is 22.7 Å². The Morgan fingerprint density at radius 3 is 2.34 bits per heavy atom. The average molecular weight is 485 g/mol. The van der Waals surface area contributed by atoms with Crippen LogP contribution in [0.4, 0.5) is 0 Å². The number of hydrogen-bond acceptors (Lipinski definition) is 8. The van der Waals surface area contributed by atoms with E-state index in [1.807, 2.05) is 62.4 Å². The SMILES string of the molecule is Cc1ccc(-c2noc(CSc3nc4cc5c(cc4c(=O)n3-c3ccc(C)cc3)OCO5)n2)cc1. The Morgan fingerprint density at radius 1 is 0.914 bits per heavy atom. The molecule has 0 N–H and O–H groups in total. The molecule has 0 unspecified atom stereocenters. The molecule has 6 rings (SSSR count). The predicted octanol–water partition coefficient (Wildman–Crippen LogP) is 5.07. The van der Waals surface area contributed by atoms with Crippen molar-refractivity contribution in [2.75, 3.05) is 6.79 Å². The van der Waals surface area contributed by atoms with Gasteiger partial charge in [-0.15, -0.1) is 0 Å². The second-order valence-electron chi connectivity index (χ2n) is 8.26. The van der Waals surface area contributed by atoms with Crippen LogP contribution in [0.3, 0.4) is 0 Å². The Balaban J connectivity index is 1.39. The molecule has 3 aromatic carbocycles. The number of fused-ring (bicyclic) bond motifs is 2. The van der Waals surface area contributed by atoms with E-state index in [-0.39, 0.29) is 12.4 Å². The van der Waals surface area contributed by atoms with Crippen LogP contribution in [-0.2, 0) is 5.75 Å².